The molecule has 162 valence electrons. The highest BCUT2D eigenvalue weighted by atomic mass is 16.5. The van der Waals surface area contributed by atoms with Crippen LogP contribution in [0.3, 0.4) is 0 Å². The van der Waals surface area contributed by atoms with Crippen molar-refractivity contribution in [2.24, 2.45) is 0 Å². The summed E-state index contributed by atoms with van der Waals surface area (Å²) < 4.78 is 5.96. The lowest BCUT2D eigenvalue weighted by Crippen LogP contribution is -2.27. The molecule has 1 aliphatic heterocycles. The van der Waals surface area contributed by atoms with Crippen LogP contribution in [0.4, 0.5) is 5.69 Å². The molecule has 1 N–H and O–H groups in total. The van der Waals surface area contributed by atoms with Gasteiger partial charge in [0.25, 0.3) is 0 Å². The number of nitrogens with zero attached hydrogens (tertiary/aromatic N) is 1. The fraction of sp³-hybridized carbons (Fsp3) is 0.172. The number of ketones is 1. The van der Waals surface area contributed by atoms with E-state index in [0.29, 0.717) is 13.0 Å². The van der Waals surface area contributed by atoms with Crippen molar-refractivity contribution in [1.29, 1.82) is 0 Å². The molecule has 0 saturated heterocycles. The highest BCUT2D eigenvalue weighted by molar-refractivity contribution is 6.12. The first-order valence-corrected chi connectivity index (χ1v) is 11.5. The Balaban J connectivity index is 1.36. The Morgan fingerprint density at radius 3 is 2.61 bits per heavy atom. The van der Waals surface area contributed by atoms with Gasteiger partial charge in [-0.1, -0.05) is 48.5 Å². The lowest BCUT2D eigenvalue weighted by Gasteiger charge is -2.35. The standard InChI is InChI=1S/C29H24N2O2/c32-26-10-4-8-23-27-22-9-5-17-30-24(22)15-16-25(27)31-29(28(23)26)20-11-13-21(14-12-20)33-18-19-6-2-1-3-7-19/h1-3,5-7,9,11-17,29,31H,4,8,10,18H2/t29-/m1/s1. The minimum absolute atomic E-state index is 0.155. The molecule has 4 aromatic rings. The number of rotatable bonds is 4. The first-order valence-electron chi connectivity index (χ1n) is 11.5. The van der Waals surface area contributed by atoms with Gasteiger partial charge in [-0.3, -0.25) is 9.78 Å². The van der Waals surface area contributed by atoms with Crippen molar-refractivity contribution in [3.8, 4) is 5.75 Å². The number of anilines is 1. The molecule has 3 aromatic carbocycles. The molecule has 1 aliphatic carbocycles. The molecule has 33 heavy (non-hydrogen) atoms. The summed E-state index contributed by atoms with van der Waals surface area (Å²) in [7, 11) is 0. The molecule has 4 nitrogen and oxygen atoms in total. The molecule has 2 aliphatic rings. The Morgan fingerprint density at radius 2 is 1.76 bits per heavy atom. The number of hydrogen-bond acceptors (Lipinski definition) is 4. The van der Waals surface area contributed by atoms with Crippen molar-refractivity contribution < 1.29 is 9.53 Å². The van der Waals surface area contributed by atoms with Gasteiger partial charge in [0.15, 0.2) is 5.78 Å². The van der Waals surface area contributed by atoms with Gasteiger partial charge in [0.1, 0.15) is 12.4 Å². The van der Waals surface area contributed by atoms with Crippen LogP contribution in [0.15, 0.2) is 90.6 Å². The van der Waals surface area contributed by atoms with Crippen LogP contribution in [-0.4, -0.2) is 10.8 Å². The first kappa shape index (κ1) is 19.7. The number of carbonyl (C=O) groups is 1. The van der Waals surface area contributed by atoms with Crippen LogP contribution >= 0.6 is 0 Å². The van der Waals surface area contributed by atoms with E-state index in [1.54, 1.807) is 0 Å². The van der Waals surface area contributed by atoms with Gasteiger partial charge in [-0.25, -0.2) is 0 Å². The summed E-state index contributed by atoms with van der Waals surface area (Å²) in [6.45, 7) is 0.532. The predicted molar refractivity (Wildman–Crippen MR) is 131 cm³/mol. The smallest absolute Gasteiger partial charge is 0.161 e. The van der Waals surface area contributed by atoms with E-state index in [2.05, 4.69) is 52.8 Å². The predicted octanol–water partition coefficient (Wildman–Crippen LogP) is 6.49. The summed E-state index contributed by atoms with van der Waals surface area (Å²) in [6, 6.07) is 26.3. The topological polar surface area (TPSA) is 51.2 Å². The average molecular weight is 433 g/mol. The van der Waals surface area contributed by atoms with E-state index in [4.69, 9.17) is 4.74 Å². The maximum Gasteiger partial charge on any atom is 0.161 e. The number of benzene rings is 3. The monoisotopic (exact) mass is 432 g/mol. The minimum Gasteiger partial charge on any atom is -0.489 e. The number of ether oxygens (including phenoxy) is 1. The second-order valence-electron chi connectivity index (χ2n) is 8.65. The van der Waals surface area contributed by atoms with Crippen molar-refractivity contribution >= 4 is 27.9 Å². The zero-order chi connectivity index (χ0) is 22.2. The number of carbonyl (C=O) groups excluding carboxylic acids is 1. The van der Waals surface area contributed by atoms with Gasteiger partial charge >= 0.3 is 0 Å². The molecule has 6 rings (SSSR count). The molecular weight excluding hydrogens is 408 g/mol. The molecular formula is C29H24N2O2. The molecule has 0 saturated carbocycles. The molecule has 1 aromatic heterocycles. The number of pyridine rings is 1. The third-order valence-electron chi connectivity index (χ3n) is 6.59. The highest BCUT2D eigenvalue weighted by Gasteiger charge is 2.34. The van der Waals surface area contributed by atoms with E-state index in [1.807, 2.05) is 42.6 Å². The molecule has 0 amide bonds. The summed E-state index contributed by atoms with van der Waals surface area (Å²) in [4.78, 5) is 17.7. The van der Waals surface area contributed by atoms with E-state index >= 15 is 0 Å². The number of allylic oxidation sites excluding steroid dienone is 1. The SMILES string of the molecule is O=C1CCCC2=C1[C@@H](c1ccc(OCc3ccccc3)cc1)Nc1ccc3ncccc3c12. The largest absolute Gasteiger partial charge is 0.489 e. The maximum absolute atomic E-state index is 13.1. The zero-order valence-corrected chi connectivity index (χ0v) is 18.3. The molecule has 0 bridgehead atoms. The van der Waals surface area contributed by atoms with E-state index in [1.165, 1.54) is 5.57 Å². The van der Waals surface area contributed by atoms with Gasteiger partial charge < -0.3 is 10.1 Å². The van der Waals surface area contributed by atoms with Gasteiger partial charge in [0.05, 0.1) is 11.6 Å². The summed E-state index contributed by atoms with van der Waals surface area (Å²) in [5.41, 5.74) is 7.46. The van der Waals surface area contributed by atoms with Gasteiger partial charge in [-0.15, -0.1) is 0 Å². The fourth-order valence-electron chi connectivity index (χ4n) is 5.03. The van der Waals surface area contributed by atoms with Gasteiger partial charge in [0, 0.05) is 34.8 Å². The summed E-state index contributed by atoms with van der Waals surface area (Å²) >= 11 is 0. The molecule has 0 fully saturated rings. The number of hydrogen-bond donors (Lipinski definition) is 1. The van der Waals surface area contributed by atoms with Gasteiger partial charge in [-0.2, -0.15) is 0 Å². The van der Waals surface area contributed by atoms with Crippen LogP contribution < -0.4 is 10.1 Å². The van der Waals surface area contributed by atoms with E-state index in [9.17, 15) is 4.79 Å². The lowest BCUT2D eigenvalue weighted by atomic mass is 9.77. The maximum atomic E-state index is 13.1. The lowest BCUT2D eigenvalue weighted by molar-refractivity contribution is -0.116. The number of fused-ring (bicyclic) bond motifs is 4. The Hall–Kier alpha value is -3.92. The Labute approximate surface area is 192 Å². The van der Waals surface area contributed by atoms with Crippen LogP contribution in [0.25, 0.3) is 16.5 Å². The molecule has 0 radical (unpaired) electrons. The fourth-order valence-corrected chi connectivity index (χ4v) is 5.03. The first-order chi connectivity index (χ1) is 16.3. The van der Waals surface area contributed by atoms with Crippen LogP contribution in [0.2, 0.25) is 0 Å². The third kappa shape index (κ3) is 3.58. The number of Topliss-reactive ketones (excluding diaryl/α,β-unsaturated/α-hetero) is 1. The second kappa shape index (κ2) is 8.21. The van der Waals surface area contributed by atoms with Crippen LogP contribution in [0.5, 0.6) is 5.75 Å². The van der Waals surface area contributed by atoms with E-state index < -0.39 is 0 Å². The Morgan fingerprint density at radius 1 is 0.909 bits per heavy atom. The second-order valence-corrected chi connectivity index (χ2v) is 8.65. The molecule has 4 heteroatoms. The average Bonchev–Trinajstić information content (AvgIpc) is 2.88. The van der Waals surface area contributed by atoms with E-state index in [0.717, 1.165) is 57.4 Å². The zero-order valence-electron chi connectivity index (χ0n) is 18.3. The van der Waals surface area contributed by atoms with Crippen LogP contribution in [-0.2, 0) is 11.4 Å². The Kier molecular flexibility index (Phi) is 4.91. The third-order valence-corrected chi connectivity index (χ3v) is 6.59. The summed E-state index contributed by atoms with van der Waals surface area (Å²) in [5, 5.41) is 4.77. The minimum atomic E-state index is -0.155. The van der Waals surface area contributed by atoms with Gasteiger partial charge in [0.2, 0.25) is 0 Å². The highest BCUT2D eigenvalue weighted by Crippen LogP contribution is 2.47. The van der Waals surface area contributed by atoms with Crippen molar-refractivity contribution in [3.63, 3.8) is 0 Å². The molecule has 0 unspecified atom stereocenters. The van der Waals surface area contributed by atoms with Crippen molar-refractivity contribution in [2.75, 3.05) is 5.32 Å². The summed E-state index contributed by atoms with van der Waals surface area (Å²) in [6.07, 6.45) is 4.23. The molecule has 0 spiro atoms. The van der Waals surface area contributed by atoms with Crippen molar-refractivity contribution in [1.82, 2.24) is 4.98 Å². The number of nitrogens with one attached hydrogen (secondary N) is 1. The number of aromatic nitrogens is 1. The van der Waals surface area contributed by atoms with Crippen LogP contribution in [0.1, 0.15) is 42.0 Å². The molecule has 1 atom stereocenters. The summed E-state index contributed by atoms with van der Waals surface area (Å²) in [5.74, 6) is 1.06. The van der Waals surface area contributed by atoms with Crippen molar-refractivity contribution in [2.45, 2.75) is 31.9 Å². The Bertz CT molecular complexity index is 1370. The van der Waals surface area contributed by atoms with Crippen LogP contribution in [0, 0.1) is 0 Å². The normalized spacial score (nSPS) is 17.3. The quantitative estimate of drug-likeness (QED) is 0.401. The molecule has 2 heterocycles. The van der Waals surface area contributed by atoms with E-state index in [-0.39, 0.29) is 11.8 Å². The van der Waals surface area contributed by atoms with Gasteiger partial charge in [-0.05, 0) is 59.9 Å². The van der Waals surface area contributed by atoms with Crippen molar-refractivity contribution in [3.05, 3.63) is 107 Å².